The Morgan fingerprint density at radius 1 is 0.897 bits per heavy atom. The summed E-state index contributed by atoms with van der Waals surface area (Å²) in [7, 11) is 0. The van der Waals surface area contributed by atoms with E-state index in [2.05, 4.69) is 70.1 Å². The Kier molecular flexibility index (Phi) is 8.16. The second-order valence-electron chi connectivity index (χ2n) is 6.97. The molecule has 0 amide bonds. The Morgan fingerprint density at radius 3 is 2.34 bits per heavy atom. The average molecular weight is 410 g/mol. The maximum absolute atomic E-state index is 4.51. The molecule has 0 spiro atoms. The molecule has 0 radical (unpaired) electrons. The average Bonchev–Trinajstić information content (AvgIpc) is 3.23. The van der Waals surface area contributed by atoms with Crippen LogP contribution in [0.1, 0.15) is 26.3 Å². The van der Waals surface area contributed by atoms with Crippen LogP contribution in [0.2, 0.25) is 0 Å². The number of hydrogen-bond donors (Lipinski definition) is 1. The third-order valence-electron chi connectivity index (χ3n) is 5.10. The number of nitrogens with one attached hydrogen (secondary N) is 1. The number of thiazole rings is 1. The Balaban J connectivity index is 1.61. The monoisotopic (exact) mass is 409 g/mol. The van der Waals surface area contributed by atoms with E-state index in [1.165, 1.54) is 11.1 Å². The van der Waals surface area contributed by atoms with E-state index in [1.807, 2.05) is 30.6 Å². The number of likely N-dealkylation sites (N-methyl/N-ethyl adjacent to an activating group) is 2. The van der Waals surface area contributed by atoms with Gasteiger partial charge in [-0.25, -0.2) is 9.97 Å². The summed E-state index contributed by atoms with van der Waals surface area (Å²) in [5, 5.41) is 4.23. The van der Waals surface area contributed by atoms with Crippen LogP contribution in [0.5, 0.6) is 0 Å². The van der Waals surface area contributed by atoms with Crippen LogP contribution < -0.4 is 5.32 Å². The number of pyridine rings is 1. The fourth-order valence-electron chi connectivity index (χ4n) is 3.25. The van der Waals surface area contributed by atoms with Crippen LogP contribution >= 0.6 is 11.3 Å². The van der Waals surface area contributed by atoms with Crippen molar-refractivity contribution in [1.29, 1.82) is 0 Å². The summed E-state index contributed by atoms with van der Waals surface area (Å²) >= 11 is 1.64. The quantitative estimate of drug-likeness (QED) is 0.477. The number of nitrogens with zero attached hydrogens (tertiary/aromatic N) is 4. The SMILES string of the molecule is CCN(CC)CCN(CC)Cc1ccnc(Nc2ncc(-c3ccccc3)s2)c1. The molecule has 0 aliphatic carbocycles. The van der Waals surface area contributed by atoms with Gasteiger partial charge in [0.05, 0.1) is 4.88 Å². The molecule has 6 heteroatoms. The molecule has 3 rings (SSSR count). The molecule has 0 aliphatic heterocycles. The molecule has 154 valence electrons. The van der Waals surface area contributed by atoms with Crippen LogP contribution in [0.25, 0.3) is 10.4 Å². The molecule has 29 heavy (non-hydrogen) atoms. The minimum atomic E-state index is 0.844. The molecule has 0 atom stereocenters. The predicted molar refractivity (Wildman–Crippen MR) is 124 cm³/mol. The highest BCUT2D eigenvalue weighted by molar-refractivity contribution is 7.18. The second kappa shape index (κ2) is 11.0. The van der Waals surface area contributed by atoms with Gasteiger partial charge in [0.25, 0.3) is 0 Å². The molecule has 0 saturated carbocycles. The Labute approximate surface area is 178 Å². The maximum Gasteiger partial charge on any atom is 0.188 e. The minimum absolute atomic E-state index is 0.844. The van der Waals surface area contributed by atoms with E-state index in [0.717, 1.165) is 55.1 Å². The summed E-state index contributed by atoms with van der Waals surface area (Å²) in [5.74, 6) is 0.844. The van der Waals surface area contributed by atoms with Crippen molar-refractivity contribution >= 4 is 22.3 Å². The van der Waals surface area contributed by atoms with Crippen molar-refractivity contribution in [3.63, 3.8) is 0 Å². The van der Waals surface area contributed by atoms with E-state index in [-0.39, 0.29) is 0 Å². The van der Waals surface area contributed by atoms with Crippen molar-refractivity contribution in [2.24, 2.45) is 0 Å². The fraction of sp³-hybridized carbons (Fsp3) is 0.391. The number of anilines is 2. The Bertz CT molecular complexity index is 860. The third-order valence-corrected chi connectivity index (χ3v) is 6.07. The van der Waals surface area contributed by atoms with Gasteiger partial charge in [-0.2, -0.15) is 0 Å². The molecule has 2 heterocycles. The van der Waals surface area contributed by atoms with Crippen molar-refractivity contribution in [3.05, 3.63) is 60.4 Å². The molecule has 0 saturated heterocycles. The topological polar surface area (TPSA) is 44.3 Å². The highest BCUT2D eigenvalue weighted by atomic mass is 32.1. The lowest BCUT2D eigenvalue weighted by molar-refractivity contribution is 0.215. The van der Waals surface area contributed by atoms with Gasteiger partial charge in [0.15, 0.2) is 5.13 Å². The summed E-state index contributed by atoms with van der Waals surface area (Å²) in [5.41, 5.74) is 2.45. The van der Waals surface area contributed by atoms with Gasteiger partial charge in [-0.05, 0) is 42.9 Å². The molecule has 5 nitrogen and oxygen atoms in total. The lowest BCUT2D eigenvalue weighted by atomic mass is 10.2. The van der Waals surface area contributed by atoms with Gasteiger partial charge >= 0.3 is 0 Å². The molecule has 1 N–H and O–H groups in total. The zero-order chi connectivity index (χ0) is 20.5. The Morgan fingerprint density at radius 2 is 1.62 bits per heavy atom. The normalized spacial score (nSPS) is 11.3. The fourth-order valence-corrected chi connectivity index (χ4v) is 4.08. The molecular weight excluding hydrogens is 378 g/mol. The largest absolute Gasteiger partial charge is 0.316 e. The molecule has 0 unspecified atom stereocenters. The minimum Gasteiger partial charge on any atom is -0.316 e. The van der Waals surface area contributed by atoms with Gasteiger partial charge in [-0.15, -0.1) is 0 Å². The van der Waals surface area contributed by atoms with Crippen molar-refractivity contribution < 1.29 is 0 Å². The summed E-state index contributed by atoms with van der Waals surface area (Å²) in [6, 6.07) is 14.6. The first kappa shape index (κ1) is 21.4. The predicted octanol–water partition coefficient (Wildman–Crippen LogP) is 5.11. The van der Waals surface area contributed by atoms with Gasteiger partial charge in [-0.3, -0.25) is 4.90 Å². The van der Waals surface area contributed by atoms with Crippen LogP contribution in [-0.4, -0.2) is 52.5 Å². The first-order valence-corrected chi connectivity index (χ1v) is 11.2. The standard InChI is InChI=1S/C23H31N5S/c1-4-27(5-2)14-15-28(6-3)18-19-12-13-24-22(16-19)26-23-25-17-21(29-23)20-10-8-7-9-11-20/h7-13,16-17H,4-6,14-15,18H2,1-3H3,(H,24,25,26). The van der Waals surface area contributed by atoms with Crippen LogP contribution in [0.3, 0.4) is 0 Å². The molecule has 0 aliphatic rings. The Hall–Kier alpha value is -2.28. The van der Waals surface area contributed by atoms with E-state index < -0.39 is 0 Å². The van der Waals surface area contributed by atoms with Crippen molar-refractivity contribution in [2.45, 2.75) is 27.3 Å². The van der Waals surface area contributed by atoms with E-state index in [4.69, 9.17) is 0 Å². The van der Waals surface area contributed by atoms with E-state index in [0.29, 0.717) is 0 Å². The van der Waals surface area contributed by atoms with Crippen molar-refractivity contribution in [3.8, 4) is 10.4 Å². The van der Waals surface area contributed by atoms with Gasteiger partial charge in [0.1, 0.15) is 5.82 Å². The lowest BCUT2D eigenvalue weighted by Crippen LogP contribution is -2.34. The molecule has 0 fully saturated rings. The van der Waals surface area contributed by atoms with Crippen molar-refractivity contribution in [2.75, 3.05) is 38.0 Å². The summed E-state index contributed by atoms with van der Waals surface area (Å²) < 4.78 is 0. The van der Waals surface area contributed by atoms with Crippen LogP contribution in [0.15, 0.2) is 54.9 Å². The lowest BCUT2D eigenvalue weighted by Gasteiger charge is -2.25. The van der Waals surface area contributed by atoms with E-state index in [9.17, 15) is 0 Å². The van der Waals surface area contributed by atoms with Gasteiger partial charge < -0.3 is 10.2 Å². The summed E-state index contributed by atoms with van der Waals surface area (Å²) in [6.07, 6.45) is 3.79. The first-order valence-electron chi connectivity index (χ1n) is 10.4. The van der Waals surface area contributed by atoms with Gasteiger partial charge in [-0.1, -0.05) is 62.4 Å². The zero-order valence-electron chi connectivity index (χ0n) is 17.6. The van der Waals surface area contributed by atoms with Crippen molar-refractivity contribution in [1.82, 2.24) is 19.8 Å². The molecule has 3 aromatic rings. The zero-order valence-corrected chi connectivity index (χ0v) is 18.5. The highest BCUT2D eigenvalue weighted by Gasteiger charge is 2.09. The highest BCUT2D eigenvalue weighted by Crippen LogP contribution is 2.30. The first-order chi connectivity index (χ1) is 14.2. The molecule has 1 aromatic carbocycles. The smallest absolute Gasteiger partial charge is 0.188 e. The number of benzene rings is 1. The van der Waals surface area contributed by atoms with E-state index in [1.54, 1.807) is 11.3 Å². The third kappa shape index (κ3) is 6.35. The van der Waals surface area contributed by atoms with Crippen LogP contribution in [0, 0.1) is 0 Å². The maximum atomic E-state index is 4.51. The number of rotatable bonds is 11. The summed E-state index contributed by atoms with van der Waals surface area (Å²) in [6.45, 7) is 13.1. The number of aromatic nitrogens is 2. The van der Waals surface area contributed by atoms with E-state index >= 15 is 0 Å². The van der Waals surface area contributed by atoms with Crippen LogP contribution in [0.4, 0.5) is 10.9 Å². The second-order valence-corrected chi connectivity index (χ2v) is 8.00. The van der Waals surface area contributed by atoms with Gasteiger partial charge in [0, 0.05) is 32.0 Å². The molecule has 2 aromatic heterocycles. The van der Waals surface area contributed by atoms with Crippen LogP contribution in [-0.2, 0) is 6.54 Å². The number of hydrogen-bond acceptors (Lipinski definition) is 6. The molecule has 0 bridgehead atoms. The van der Waals surface area contributed by atoms with Gasteiger partial charge in [0.2, 0.25) is 0 Å². The summed E-state index contributed by atoms with van der Waals surface area (Å²) in [4.78, 5) is 15.1. The molecular formula is C23H31N5S.